The summed E-state index contributed by atoms with van der Waals surface area (Å²) in [6.45, 7) is 9.03. The quantitative estimate of drug-likeness (QED) is 0.306. The fourth-order valence-corrected chi connectivity index (χ4v) is 6.42. The number of aromatic nitrogens is 1. The molecule has 1 fully saturated rings. The Kier molecular flexibility index (Phi) is 9.04. The van der Waals surface area contributed by atoms with Crippen LogP contribution < -0.4 is 9.47 Å². The summed E-state index contributed by atoms with van der Waals surface area (Å²) >= 11 is 0. The SMILES string of the molecule is CC.COc1ccc(OC)c2c1cc1n2CC(C)(C(=O)CCC2CCCCC2C)N(Cc2ccccc2)C1=O. The van der Waals surface area contributed by atoms with E-state index in [0.717, 1.165) is 22.9 Å². The summed E-state index contributed by atoms with van der Waals surface area (Å²) in [6.07, 6.45) is 6.35. The molecular formula is C33H44N2O4. The van der Waals surface area contributed by atoms with Gasteiger partial charge in [-0.15, -0.1) is 0 Å². The minimum Gasteiger partial charge on any atom is -0.496 e. The highest BCUT2D eigenvalue weighted by Gasteiger charge is 2.47. The van der Waals surface area contributed by atoms with Crippen molar-refractivity contribution in [2.75, 3.05) is 14.2 Å². The van der Waals surface area contributed by atoms with E-state index in [-0.39, 0.29) is 11.7 Å². The van der Waals surface area contributed by atoms with Crippen molar-refractivity contribution in [3.63, 3.8) is 0 Å². The van der Waals surface area contributed by atoms with Crippen LogP contribution in [0, 0.1) is 11.8 Å². The predicted octanol–water partition coefficient (Wildman–Crippen LogP) is 7.28. The van der Waals surface area contributed by atoms with Crippen LogP contribution in [-0.2, 0) is 17.9 Å². The van der Waals surface area contributed by atoms with Crippen LogP contribution in [0.4, 0.5) is 0 Å². The molecule has 6 heteroatoms. The first kappa shape index (κ1) is 28.7. The van der Waals surface area contributed by atoms with E-state index in [1.807, 2.05) is 73.9 Å². The molecule has 3 aromatic rings. The van der Waals surface area contributed by atoms with E-state index in [1.54, 1.807) is 19.1 Å². The minimum atomic E-state index is -0.974. The van der Waals surface area contributed by atoms with E-state index < -0.39 is 5.54 Å². The zero-order chi connectivity index (χ0) is 28.2. The summed E-state index contributed by atoms with van der Waals surface area (Å²) in [7, 11) is 3.25. The molecule has 2 aromatic carbocycles. The van der Waals surface area contributed by atoms with Crippen LogP contribution in [0.25, 0.3) is 10.9 Å². The monoisotopic (exact) mass is 532 g/mol. The summed E-state index contributed by atoms with van der Waals surface area (Å²) in [6, 6.07) is 15.5. The fourth-order valence-electron chi connectivity index (χ4n) is 6.42. The molecule has 3 unspecified atom stereocenters. The number of Topliss-reactive ketones (excluding diaryl/α,β-unsaturated/α-hetero) is 1. The van der Waals surface area contributed by atoms with Gasteiger partial charge >= 0.3 is 0 Å². The standard InChI is InChI=1S/C31H38N2O4.C2H6/c1-21-10-8-9-13-23(21)14-17-28(34)31(2)20-32-25(30(35)33(31)19-22-11-6-5-7-12-22)18-24-26(36-3)15-16-27(37-4)29(24)32;1-2/h5-7,11-12,15-16,18,21,23H,8-10,13-14,17,19-20H2,1-4H3;1-2H3. The van der Waals surface area contributed by atoms with Crippen LogP contribution in [-0.4, -0.2) is 40.9 Å². The Balaban J connectivity index is 0.00000172. The van der Waals surface area contributed by atoms with Gasteiger partial charge in [-0.05, 0) is 48.9 Å². The lowest BCUT2D eigenvalue weighted by molar-refractivity contribution is -0.131. The van der Waals surface area contributed by atoms with Crippen molar-refractivity contribution in [3.8, 4) is 11.5 Å². The van der Waals surface area contributed by atoms with Gasteiger partial charge in [0.15, 0.2) is 5.78 Å². The van der Waals surface area contributed by atoms with Crippen molar-refractivity contribution in [1.82, 2.24) is 9.47 Å². The van der Waals surface area contributed by atoms with Crippen LogP contribution in [0.5, 0.6) is 11.5 Å². The third kappa shape index (κ3) is 5.43. The van der Waals surface area contributed by atoms with Gasteiger partial charge in [-0.3, -0.25) is 9.59 Å². The first-order valence-corrected chi connectivity index (χ1v) is 14.5. The average Bonchev–Trinajstić information content (AvgIpc) is 3.35. The number of methoxy groups -OCH3 is 2. The number of amides is 1. The number of carbonyl (C=O) groups excluding carboxylic acids is 2. The topological polar surface area (TPSA) is 60.8 Å². The third-order valence-corrected chi connectivity index (χ3v) is 8.76. The zero-order valence-corrected chi connectivity index (χ0v) is 24.5. The summed E-state index contributed by atoms with van der Waals surface area (Å²) in [4.78, 5) is 30.0. The van der Waals surface area contributed by atoms with Gasteiger partial charge in [0, 0.05) is 18.4 Å². The Morgan fingerprint density at radius 2 is 1.67 bits per heavy atom. The smallest absolute Gasteiger partial charge is 0.271 e. The van der Waals surface area contributed by atoms with Crippen LogP contribution in [0.1, 0.15) is 82.3 Å². The Bertz CT molecular complexity index is 1300. The Labute approximate surface area is 233 Å². The van der Waals surface area contributed by atoms with Crippen LogP contribution in [0.15, 0.2) is 48.5 Å². The van der Waals surface area contributed by atoms with Gasteiger partial charge < -0.3 is 18.9 Å². The molecule has 2 heterocycles. The first-order chi connectivity index (χ1) is 18.9. The summed E-state index contributed by atoms with van der Waals surface area (Å²) in [5.74, 6) is 2.56. The molecule has 6 nitrogen and oxygen atoms in total. The molecule has 0 bridgehead atoms. The zero-order valence-electron chi connectivity index (χ0n) is 24.5. The molecule has 39 heavy (non-hydrogen) atoms. The second kappa shape index (κ2) is 12.3. The average molecular weight is 533 g/mol. The highest BCUT2D eigenvalue weighted by Crippen LogP contribution is 2.41. The Morgan fingerprint density at radius 3 is 2.33 bits per heavy atom. The number of carbonyl (C=O) groups is 2. The van der Waals surface area contributed by atoms with E-state index in [1.165, 1.54) is 25.7 Å². The number of fused-ring (bicyclic) bond motifs is 3. The molecule has 0 radical (unpaired) electrons. The third-order valence-electron chi connectivity index (χ3n) is 8.76. The maximum atomic E-state index is 14.1. The Morgan fingerprint density at radius 1 is 1.00 bits per heavy atom. The molecule has 210 valence electrons. The van der Waals surface area contributed by atoms with Gasteiger partial charge in [0.05, 0.1) is 26.3 Å². The van der Waals surface area contributed by atoms with Crippen molar-refractivity contribution in [1.29, 1.82) is 0 Å². The van der Waals surface area contributed by atoms with Gasteiger partial charge in [-0.2, -0.15) is 0 Å². The molecule has 1 aliphatic carbocycles. The van der Waals surface area contributed by atoms with Crippen LogP contribution in [0.3, 0.4) is 0 Å². The van der Waals surface area contributed by atoms with Crippen molar-refractivity contribution in [3.05, 3.63) is 59.8 Å². The van der Waals surface area contributed by atoms with E-state index in [2.05, 4.69) is 6.92 Å². The van der Waals surface area contributed by atoms with E-state index in [0.29, 0.717) is 48.5 Å². The van der Waals surface area contributed by atoms with Gasteiger partial charge in [0.1, 0.15) is 22.7 Å². The predicted molar refractivity (Wildman–Crippen MR) is 156 cm³/mol. The fraction of sp³-hybridized carbons (Fsp3) is 0.515. The molecule has 0 saturated heterocycles. The number of ketones is 1. The maximum absolute atomic E-state index is 14.1. The molecule has 1 aliphatic heterocycles. The summed E-state index contributed by atoms with van der Waals surface area (Å²) in [5.41, 5.74) is 1.39. The van der Waals surface area contributed by atoms with Gasteiger partial charge in [0.25, 0.3) is 5.91 Å². The second-order valence-electron chi connectivity index (χ2n) is 11.0. The number of rotatable bonds is 8. The summed E-state index contributed by atoms with van der Waals surface area (Å²) < 4.78 is 13.3. The van der Waals surface area contributed by atoms with E-state index >= 15 is 0 Å². The van der Waals surface area contributed by atoms with Crippen LogP contribution >= 0.6 is 0 Å². The molecular weight excluding hydrogens is 488 g/mol. The maximum Gasteiger partial charge on any atom is 0.271 e. The van der Waals surface area contributed by atoms with Crippen molar-refractivity contribution in [2.45, 2.75) is 84.8 Å². The molecule has 1 saturated carbocycles. The molecule has 2 aliphatic rings. The lowest BCUT2D eigenvalue weighted by Gasteiger charge is -2.44. The highest BCUT2D eigenvalue weighted by molar-refractivity contribution is 6.06. The second-order valence-corrected chi connectivity index (χ2v) is 11.0. The van der Waals surface area contributed by atoms with Gasteiger partial charge in [-0.25, -0.2) is 0 Å². The van der Waals surface area contributed by atoms with Crippen molar-refractivity contribution in [2.24, 2.45) is 11.8 Å². The van der Waals surface area contributed by atoms with Crippen molar-refractivity contribution >= 4 is 22.6 Å². The lowest BCUT2D eigenvalue weighted by atomic mass is 9.76. The molecule has 1 amide bonds. The molecule has 0 spiro atoms. The number of hydrogen-bond acceptors (Lipinski definition) is 4. The lowest BCUT2D eigenvalue weighted by Crippen LogP contribution is -2.60. The normalized spacial score (nSPS) is 22.6. The van der Waals surface area contributed by atoms with E-state index in [9.17, 15) is 9.59 Å². The first-order valence-electron chi connectivity index (χ1n) is 14.5. The van der Waals surface area contributed by atoms with Gasteiger partial charge in [-0.1, -0.05) is 76.8 Å². The molecule has 3 atom stereocenters. The molecule has 0 N–H and O–H groups in total. The molecule has 5 rings (SSSR count). The summed E-state index contributed by atoms with van der Waals surface area (Å²) in [5, 5.41) is 0.817. The number of hydrogen-bond donors (Lipinski definition) is 0. The minimum absolute atomic E-state index is 0.129. The van der Waals surface area contributed by atoms with E-state index in [4.69, 9.17) is 9.47 Å². The van der Waals surface area contributed by atoms with Gasteiger partial charge in [0.2, 0.25) is 0 Å². The largest absolute Gasteiger partial charge is 0.496 e. The Hall–Kier alpha value is -3.28. The highest BCUT2D eigenvalue weighted by atomic mass is 16.5. The number of nitrogens with zero attached hydrogens (tertiary/aromatic N) is 2. The number of benzene rings is 2. The van der Waals surface area contributed by atoms with Crippen LogP contribution in [0.2, 0.25) is 0 Å². The molecule has 1 aromatic heterocycles. The van der Waals surface area contributed by atoms with Crippen molar-refractivity contribution < 1.29 is 19.1 Å². The number of ether oxygens (including phenoxy) is 2.